The Kier molecular flexibility index (Phi) is 6.21. The van der Waals surface area contributed by atoms with Gasteiger partial charge in [0.25, 0.3) is 5.91 Å². The lowest BCUT2D eigenvalue weighted by Gasteiger charge is -2.20. The molecule has 4 rings (SSSR count). The summed E-state index contributed by atoms with van der Waals surface area (Å²) in [5, 5.41) is 10.9. The quantitative estimate of drug-likeness (QED) is 0.558. The highest BCUT2D eigenvalue weighted by atomic mass is 35.5. The molecule has 0 aliphatic carbocycles. The average Bonchev–Trinajstić information content (AvgIpc) is 3.26. The van der Waals surface area contributed by atoms with Crippen LogP contribution in [0.4, 0.5) is 0 Å². The summed E-state index contributed by atoms with van der Waals surface area (Å²) in [6.45, 7) is 1.51. The molecule has 0 saturated heterocycles. The van der Waals surface area contributed by atoms with Crippen LogP contribution in [0.15, 0.2) is 47.9 Å². The Morgan fingerprint density at radius 2 is 2.00 bits per heavy atom. The van der Waals surface area contributed by atoms with Crippen molar-refractivity contribution in [1.29, 1.82) is 0 Å². The molecule has 1 amide bonds. The summed E-state index contributed by atoms with van der Waals surface area (Å²) < 4.78 is 11.1. The zero-order valence-corrected chi connectivity index (χ0v) is 17.1. The van der Waals surface area contributed by atoms with Gasteiger partial charge >= 0.3 is 0 Å². The van der Waals surface area contributed by atoms with Gasteiger partial charge in [0.2, 0.25) is 0 Å². The number of nitrogens with zero attached hydrogens (tertiary/aromatic N) is 2. The number of halogens is 1. The first-order valence-corrected chi connectivity index (χ1v) is 10.5. The molecule has 0 unspecified atom stereocenters. The molecule has 9 heteroatoms. The van der Waals surface area contributed by atoms with E-state index in [1.165, 1.54) is 6.33 Å². The fourth-order valence-electron chi connectivity index (χ4n) is 2.90. The normalized spacial score (nSPS) is 12.6. The summed E-state index contributed by atoms with van der Waals surface area (Å²) in [6.07, 6.45) is 2.13. The molecule has 1 aromatic heterocycles. The molecular formula is C20H19ClN4O3S. The molecule has 0 atom stereocenters. The van der Waals surface area contributed by atoms with E-state index in [9.17, 15) is 4.79 Å². The highest BCUT2D eigenvalue weighted by Gasteiger charge is 2.16. The van der Waals surface area contributed by atoms with Gasteiger partial charge in [0.05, 0.1) is 5.02 Å². The molecule has 0 fully saturated rings. The fourth-order valence-corrected chi connectivity index (χ4v) is 3.92. The Bertz CT molecular complexity index is 980. The first-order chi connectivity index (χ1) is 14.2. The first kappa shape index (κ1) is 19.6. The van der Waals surface area contributed by atoms with E-state index in [1.807, 2.05) is 36.4 Å². The maximum atomic E-state index is 12.4. The number of H-pyrrole nitrogens is 1. The SMILES string of the molecule is O=C(NCCc1cc(Cl)c2c(c1)OCCO2)c1ccc(CSc2ncn[nH]2)cc1. The minimum atomic E-state index is -0.108. The minimum Gasteiger partial charge on any atom is -0.486 e. The first-order valence-electron chi connectivity index (χ1n) is 9.12. The van der Waals surface area contributed by atoms with Crippen molar-refractivity contribution in [1.82, 2.24) is 20.5 Å². The second kappa shape index (κ2) is 9.19. The third kappa shape index (κ3) is 5.02. The van der Waals surface area contributed by atoms with E-state index in [1.54, 1.807) is 11.8 Å². The molecule has 0 saturated carbocycles. The number of ether oxygens (including phenoxy) is 2. The van der Waals surface area contributed by atoms with Crippen LogP contribution in [0.5, 0.6) is 11.5 Å². The highest BCUT2D eigenvalue weighted by molar-refractivity contribution is 7.98. The summed E-state index contributed by atoms with van der Waals surface area (Å²) in [6, 6.07) is 11.3. The predicted octanol–water partition coefficient (Wildman–Crippen LogP) is 3.49. The molecule has 2 heterocycles. The maximum Gasteiger partial charge on any atom is 0.251 e. The monoisotopic (exact) mass is 430 g/mol. The van der Waals surface area contributed by atoms with Crippen molar-refractivity contribution in [3.05, 3.63) is 64.4 Å². The number of aromatic nitrogens is 3. The highest BCUT2D eigenvalue weighted by Crippen LogP contribution is 2.38. The number of hydrogen-bond acceptors (Lipinski definition) is 6. The van der Waals surface area contributed by atoms with Crippen molar-refractivity contribution in [3.8, 4) is 11.5 Å². The summed E-state index contributed by atoms with van der Waals surface area (Å²) >= 11 is 7.81. The Morgan fingerprint density at radius 1 is 1.17 bits per heavy atom. The predicted molar refractivity (Wildman–Crippen MR) is 111 cm³/mol. The lowest BCUT2D eigenvalue weighted by atomic mass is 10.1. The average molecular weight is 431 g/mol. The number of carbonyl (C=O) groups is 1. The number of thioether (sulfide) groups is 1. The van der Waals surface area contributed by atoms with E-state index in [-0.39, 0.29) is 5.91 Å². The number of amides is 1. The molecule has 0 bridgehead atoms. The smallest absolute Gasteiger partial charge is 0.251 e. The van der Waals surface area contributed by atoms with Crippen molar-refractivity contribution >= 4 is 29.3 Å². The molecule has 7 nitrogen and oxygen atoms in total. The van der Waals surface area contributed by atoms with E-state index in [4.69, 9.17) is 21.1 Å². The van der Waals surface area contributed by atoms with Gasteiger partial charge in [-0.3, -0.25) is 9.89 Å². The maximum absolute atomic E-state index is 12.4. The van der Waals surface area contributed by atoms with Crippen LogP contribution in [0.3, 0.4) is 0 Å². The van der Waals surface area contributed by atoms with Gasteiger partial charge in [-0.05, 0) is 41.8 Å². The Balaban J connectivity index is 1.28. The van der Waals surface area contributed by atoms with Crippen LogP contribution in [-0.4, -0.2) is 40.8 Å². The second-order valence-corrected chi connectivity index (χ2v) is 7.76. The Labute approximate surface area is 177 Å². The van der Waals surface area contributed by atoms with Crippen molar-refractivity contribution in [2.24, 2.45) is 0 Å². The van der Waals surface area contributed by atoms with Crippen LogP contribution in [0.1, 0.15) is 21.5 Å². The topological polar surface area (TPSA) is 89.1 Å². The number of aromatic amines is 1. The molecule has 0 radical (unpaired) electrons. The minimum absolute atomic E-state index is 0.108. The molecule has 3 aromatic rings. The van der Waals surface area contributed by atoms with Gasteiger partial charge in [0, 0.05) is 17.9 Å². The number of fused-ring (bicyclic) bond motifs is 1. The summed E-state index contributed by atoms with van der Waals surface area (Å²) in [4.78, 5) is 16.5. The van der Waals surface area contributed by atoms with Crippen LogP contribution in [0.2, 0.25) is 5.02 Å². The largest absolute Gasteiger partial charge is 0.486 e. The summed E-state index contributed by atoms with van der Waals surface area (Å²) in [5.74, 6) is 1.89. The molecule has 150 valence electrons. The van der Waals surface area contributed by atoms with Crippen LogP contribution >= 0.6 is 23.4 Å². The van der Waals surface area contributed by atoms with Gasteiger partial charge < -0.3 is 14.8 Å². The third-order valence-electron chi connectivity index (χ3n) is 4.34. The van der Waals surface area contributed by atoms with Crippen LogP contribution < -0.4 is 14.8 Å². The molecule has 29 heavy (non-hydrogen) atoms. The van der Waals surface area contributed by atoms with Crippen LogP contribution in [0.25, 0.3) is 0 Å². The van der Waals surface area contributed by atoms with Gasteiger partial charge in [0.15, 0.2) is 16.7 Å². The van der Waals surface area contributed by atoms with Crippen molar-refractivity contribution in [2.75, 3.05) is 19.8 Å². The molecule has 0 spiro atoms. The number of hydrogen-bond donors (Lipinski definition) is 2. The van der Waals surface area contributed by atoms with Gasteiger partial charge in [-0.25, -0.2) is 4.98 Å². The number of rotatable bonds is 7. The second-order valence-electron chi connectivity index (χ2n) is 6.38. The molecule has 2 N–H and O–H groups in total. The third-order valence-corrected chi connectivity index (χ3v) is 5.57. The lowest BCUT2D eigenvalue weighted by molar-refractivity contribution is 0.0954. The fraction of sp³-hybridized carbons (Fsp3) is 0.250. The van der Waals surface area contributed by atoms with E-state index in [0.717, 1.165) is 22.0 Å². The van der Waals surface area contributed by atoms with E-state index in [0.29, 0.717) is 48.3 Å². The number of carbonyl (C=O) groups excluding carboxylic acids is 1. The zero-order valence-electron chi connectivity index (χ0n) is 15.5. The molecule has 2 aromatic carbocycles. The Hall–Kier alpha value is -2.71. The van der Waals surface area contributed by atoms with Crippen molar-refractivity contribution in [2.45, 2.75) is 17.3 Å². The summed E-state index contributed by atoms with van der Waals surface area (Å²) in [7, 11) is 0. The number of benzene rings is 2. The molecule has 1 aliphatic rings. The van der Waals surface area contributed by atoms with E-state index >= 15 is 0 Å². The zero-order chi connectivity index (χ0) is 20.1. The molecular weight excluding hydrogens is 412 g/mol. The van der Waals surface area contributed by atoms with Gasteiger partial charge in [0.1, 0.15) is 19.5 Å². The van der Waals surface area contributed by atoms with Gasteiger partial charge in [-0.15, -0.1) is 0 Å². The standard InChI is InChI=1S/C20H19ClN4O3S/c21-16-9-14(10-17-18(16)28-8-7-27-17)5-6-22-19(26)15-3-1-13(2-4-15)11-29-20-23-12-24-25-20/h1-4,9-10,12H,5-8,11H2,(H,22,26)(H,23,24,25). The van der Waals surface area contributed by atoms with Gasteiger partial charge in [-0.2, -0.15) is 5.10 Å². The van der Waals surface area contributed by atoms with Crippen molar-refractivity contribution < 1.29 is 14.3 Å². The van der Waals surface area contributed by atoms with Crippen LogP contribution in [0, 0.1) is 0 Å². The summed E-state index contributed by atoms with van der Waals surface area (Å²) in [5.41, 5.74) is 2.71. The van der Waals surface area contributed by atoms with Gasteiger partial charge in [-0.1, -0.05) is 35.5 Å². The van der Waals surface area contributed by atoms with E-state index in [2.05, 4.69) is 20.5 Å². The van der Waals surface area contributed by atoms with E-state index < -0.39 is 0 Å². The van der Waals surface area contributed by atoms with Crippen LogP contribution in [-0.2, 0) is 12.2 Å². The Morgan fingerprint density at radius 3 is 2.79 bits per heavy atom. The molecule has 1 aliphatic heterocycles. The number of nitrogens with one attached hydrogen (secondary N) is 2. The lowest BCUT2D eigenvalue weighted by Crippen LogP contribution is -2.25. The van der Waals surface area contributed by atoms with Crippen molar-refractivity contribution in [3.63, 3.8) is 0 Å².